The molecule has 0 aliphatic heterocycles. The number of carbonyl (C=O) groups excluding carboxylic acids is 1. The lowest BCUT2D eigenvalue weighted by Gasteiger charge is -2.13. The fourth-order valence-corrected chi connectivity index (χ4v) is 3.42. The predicted octanol–water partition coefficient (Wildman–Crippen LogP) is 3.25. The molecule has 0 saturated carbocycles. The first kappa shape index (κ1) is 20.2. The lowest BCUT2D eigenvalue weighted by molar-refractivity contribution is -0.119. The predicted molar refractivity (Wildman–Crippen MR) is 125 cm³/mol. The molecule has 5 aromatic rings. The number of hydrogen-bond donors (Lipinski definition) is 3. The Kier molecular flexibility index (Phi) is 5.15. The number of nitrogens with zero attached hydrogens (tertiary/aromatic N) is 5. The summed E-state index contributed by atoms with van der Waals surface area (Å²) in [4.78, 5) is 32.4. The molecule has 10 nitrogen and oxygen atoms in total. The molecule has 1 amide bonds. The van der Waals surface area contributed by atoms with Crippen LogP contribution in [0.3, 0.4) is 0 Å². The van der Waals surface area contributed by atoms with Crippen molar-refractivity contribution in [1.29, 1.82) is 0 Å². The van der Waals surface area contributed by atoms with Gasteiger partial charge >= 0.3 is 0 Å². The number of amides is 1. The quantitative estimate of drug-likeness (QED) is 0.373. The number of H-pyrrole nitrogens is 1. The highest BCUT2D eigenvalue weighted by atomic mass is 16.2. The second-order valence-corrected chi connectivity index (χ2v) is 7.40. The van der Waals surface area contributed by atoms with E-state index in [1.54, 1.807) is 52.9 Å². The highest BCUT2D eigenvalue weighted by Gasteiger charge is 2.15. The lowest BCUT2D eigenvalue weighted by atomic mass is 10.2. The monoisotopic (exact) mass is 440 g/mol. The number of aromatic amines is 1. The normalized spacial score (nSPS) is 11.9. The smallest absolute Gasteiger partial charge is 0.263 e. The molecule has 0 fully saturated rings. The van der Waals surface area contributed by atoms with Crippen LogP contribution in [0.15, 0.2) is 84.0 Å². The Labute approximate surface area is 187 Å². The summed E-state index contributed by atoms with van der Waals surface area (Å²) in [6.45, 7) is 1.77. The zero-order valence-electron chi connectivity index (χ0n) is 17.6. The first-order valence-electron chi connectivity index (χ1n) is 10.3. The van der Waals surface area contributed by atoms with Crippen molar-refractivity contribution >= 4 is 34.3 Å². The van der Waals surface area contributed by atoms with Gasteiger partial charge in [0, 0.05) is 23.8 Å². The summed E-state index contributed by atoms with van der Waals surface area (Å²) in [5.74, 6) is 0.0640. The van der Waals surface area contributed by atoms with E-state index in [9.17, 15) is 9.59 Å². The Morgan fingerprint density at radius 1 is 1.03 bits per heavy atom. The fraction of sp³-hybridized carbons (Fsp3) is 0.0870. The molecule has 0 saturated heterocycles. The first-order valence-corrected chi connectivity index (χ1v) is 10.3. The van der Waals surface area contributed by atoms with Crippen LogP contribution in [0.25, 0.3) is 16.7 Å². The van der Waals surface area contributed by atoms with Crippen molar-refractivity contribution < 1.29 is 4.79 Å². The van der Waals surface area contributed by atoms with E-state index in [0.29, 0.717) is 22.4 Å². The molecule has 0 spiro atoms. The molecular formula is C23H20N8O2. The van der Waals surface area contributed by atoms with Crippen LogP contribution in [0.2, 0.25) is 0 Å². The van der Waals surface area contributed by atoms with Crippen molar-refractivity contribution in [1.82, 2.24) is 29.5 Å². The minimum absolute atomic E-state index is 0.199. The van der Waals surface area contributed by atoms with E-state index in [-0.39, 0.29) is 17.4 Å². The zero-order valence-corrected chi connectivity index (χ0v) is 17.6. The molecular weight excluding hydrogens is 420 g/mol. The van der Waals surface area contributed by atoms with Gasteiger partial charge in [-0.15, -0.1) is 0 Å². The van der Waals surface area contributed by atoms with E-state index in [2.05, 4.69) is 30.8 Å². The molecule has 0 bridgehead atoms. The topological polar surface area (TPSA) is 123 Å². The summed E-state index contributed by atoms with van der Waals surface area (Å²) in [5.41, 5.74) is 2.18. The molecule has 3 aromatic heterocycles. The second-order valence-electron chi connectivity index (χ2n) is 7.40. The number of rotatable bonds is 6. The fourth-order valence-electron chi connectivity index (χ4n) is 3.42. The van der Waals surface area contributed by atoms with E-state index >= 15 is 0 Å². The van der Waals surface area contributed by atoms with E-state index < -0.39 is 6.04 Å². The van der Waals surface area contributed by atoms with Crippen molar-refractivity contribution in [2.75, 3.05) is 10.6 Å². The van der Waals surface area contributed by atoms with Gasteiger partial charge in [-0.2, -0.15) is 15.2 Å². The van der Waals surface area contributed by atoms with Gasteiger partial charge in [0.25, 0.3) is 5.56 Å². The molecule has 3 heterocycles. The van der Waals surface area contributed by atoms with Crippen LogP contribution in [0.4, 0.5) is 17.3 Å². The molecule has 1 atom stereocenters. The van der Waals surface area contributed by atoms with E-state index in [1.165, 1.54) is 6.20 Å². The third-order valence-electron chi connectivity index (χ3n) is 5.13. The summed E-state index contributed by atoms with van der Waals surface area (Å²) in [6, 6.07) is 17.9. The Balaban J connectivity index is 1.40. The van der Waals surface area contributed by atoms with Gasteiger partial charge in [-0.25, -0.2) is 4.68 Å². The summed E-state index contributed by atoms with van der Waals surface area (Å²) in [7, 11) is 0. The largest absolute Gasteiger partial charge is 0.326 e. The molecule has 164 valence electrons. The van der Waals surface area contributed by atoms with Gasteiger partial charge in [-0.3, -0.25) is 19.3 Å². The van der Waals surface area contributed by atoms with Crippen molar-refractivity contribution in [3.05, 3.63) is 89.6 Å². The zero-order chi connectivity index (χ0) is 22.8. The molecule has 3 N–H and O–H groups in total. The molecule has 2 aromatic carbocycles. The Morgan fingerprint density at radius 3 is 2.64 bits per heavy atom. The molecule has 10 heteroatoms. The van der Waals surface area contributed by atoms with E-state index in [1.807, 2.05) is 36.4 Å². The van der Waals surface area contributed by atoms with E-state index in [4.69, 9.17) is 0 Å². The highest BCUT2D eigenvalue weighted by molar-refractivity contribution is 5.94. The Morgan fingerprint density at radius 2 is 1.85 bits per heavy atom. The standard InChI is InChI=1S/C23H20N8O2/c1-15(30-12-6-11-24-30)21(32)26-16-7-5-8-17(13-16)27-23-28-20-19(22(33)29-23)14-25-31(20)18-9-3-2-4-10-18/h2-15H,1H3,(H,26,32)(H2,27,28,29,33). The van der Waals surface area contributed by atoms with Gasteiger partial charge in [0.05, 0.1) is 11.9 Å². The molecule has 5 rings (SSSR count). The lowest BCUT2D eigenvalue weighted by Crippen LogP contribution is -2.24. The van der Waals surface area contributed by atoms with Crippen LogP contribution in [0.1, 0.15) is 13.0 Å². The maximum atomic E-state index is 12.6. The average Bonchev–Trinajstić information content (AvgIpc) is 3.50. The molecule has 0 aliphatic rings. The maximum Gasteiger partial charge on any atom is 0.263 e. The van der Waals surface area contributed by atoms with Crippen LogP contribution < -0.4 is 16.2 Å². The Bertz CT molecular complexity index is 1470. The number of anilines is 3. The first-order chi connectivity index (χ1) is 16.1. The number of fused-ring (bicyclic) bond motifs is 1. The SMILES string of the molecule is CC(C(=O)Nc1cccc(Nc2nc3c(cnn3-c3ccccc3)c(=O)[nH]2)c1)n1cccn1. The summed E-state index contributed by atoms with van der Waals surface area (Å²) >= 11 is 0. The summed E-state index contributed by atoms with van der Waals surface area (Å²) in [5, 5.41) is 14.8. The van der Waals surface area contributed by atoms with Gasteiger partial charge in [0.1, 0.15) is 11.4 Å². The van der Waals surface area contributed by atoms with Crippen LogP contribution in [-0.2, 0) is 4.79 Å². The van der Waals surface area contributed by atoms with Gasteiger partial charge < -0.3 is 10.6 Å². The number of carbonyl (C=O) groups is 1. The van der Waals surface area contributed by atoms with Gasteiger partial charge in [0.15, 0.2) is 5.65 Å². The van der Waals surface area contributed by atoms with Crippen molar-refractivity contribution in [3.63, 3.8) is 0 Å². The van der Waals surface area contributed by atoms with Crippen molar-refractivity contribution in [2.45, 2.75) is 13.0 Å². The molecule has 0 aliphatic carbocycles. The van der Waals surface area contributed by atoms with Crippen LogP contribution >= 0.6 is 0 Å². The van der Waals surface area contributed by atoms with E-state index in [0.717, 1.165) is 5.69 Å². The van der Waals surface area contributed by atoms with Gasteiger partial charge in [0.2, 0.25) is 11.9 Å². The molecule has 0 radical (unpaired) electrons. The maximum absolute atomic E-state index is 12.6. The summed E-state index contributed by atoms with van der Waals surface area (Å²) in [6.07, 6.45) is 4.86. The second kappa shape index (κ2) is 8.42. The minimum Gasteiger partial charge on any atom is -0.326 e. The van der Waals surface area contributed by atoms with Crippen molar-refractivity contribution in [3.8, 4) is 5.69 Å². The number of nitrogens with one attached hydrogen (secondary N) is 3. The van der Waals surface area contributed by atoms with Crippen molar-refractivity contribution in [2.24, 2.45) is 0 Å². The average molecular weight is 440 g/mol. The third kappa shape index (κ3) is 4.09. The van der Waals surface area contributed by atoms with Gasteiger partial charge in [-0.05, 0) is 43.3 Å². The summed E-state index contributed by atoms with van der Waals surface area (Å²) < 4.78 is 3.19. The van der Waals surface area contributed by atoms with Crippen LogP contribution in [-0.4, -0.2) is 35.4 Å². The van der Waals surface area contributed by atoms with Gasteiger partial charge in [-0.1, -0.05) is 24.3 Å². The number of aromatic nitrogens is 6. The number of benzene rings is 2. The highest BCUT2D eigenvalue weighted by Crippen LogP contribution is 2.20. The number of para-hydroxylation sites is 1. The Hall–Kier alpha value is -4.73. The molecule has 33 heavy (non-hydrogen) atoms. The van der Waals surface area contributed by atoms with Crippen LogP contribution in [0.5, 0.6) is 0 Å². The minimum atomic E-state index is -0.463. The number of hydrogen-bond acceptors (Lipinski definition) is 6. The van der Waals surface area contributed by atoms with Crippen LogP contribution in [0, 0.1) is 0 Å². The molecule has 1 unspecified atom stereocenters. The third-order valence-corrected chi connectivity index (χ3v) is 5.13.